The van der Waals surface area contributed by atoms with E-state index in [0.29, 0.717) is 0 Å². The number of benzene rings is 2. The highest BCUT2D eigenvalue weighted by atomic mass is 79.9. The zero-order valence-electron chi connectivity index (χ0n) is 13.3. The second-order valence-corrected chi connectivity index (χ2v) is 6.18. The number of amides is 2. The molecular weight excluding hydrogens is 370 g/mol. The third kappa shape index (κ3) is 6.34. The quantitative estimate of drug-likeness (QED) is 0.586. The molecule has 2 amide bonds. The van der Waals surface area contributed by atoms with Gasteiger partial charge in [0.25, 0.3) is 0 Å². The second kappa shape index (κ2) is 8.98. The van der Waals surface area contributed by atoms with Crippen LogP contribution in [0.5, 0.6) is 0 Å². The van der Waals surface area contributed by atoms with Gasteiger partial charge < -0.3 is 5.32 Å². The van der Waals surface area contributed by atoms with Crippen LogP contribution in [0.1, 0.15) is 24.0 Å². The minimum absolute atomic E-state index is 0.0769. The van der Waals surface area contributed by atoms with E-state index in [4.69, 9.17) is 0 Å². The lowest BCUT2D eigenvalue weighted by atomic mass is 10.2. The highest BCUT2D eigenvalue weighted by Crippen LogP contribution is 2.10. The third-order valence-corrected chi connectivity index (χ3v) is 3.66. The summed E-state index contributed by atoms with van der Waals surface area (Å²) in [7, 11) is 0. The first kappa shape index (κ1) is 17.9. The fourth-order valence-corrected chi connectivity index (χ4v) is 2.33. The Bertz CT molecular complexity index is 742. The van der Waals surface area contributed by atoms with Gasteiger partial charge in [0.05, 0.1) is 6.21 Å². The minimum atomic E-state index is -0.305. The van der Waals surface area contributed by atoms with Crippen LogP contribution in [0.3, 0.4) is 0 Å². The fraction of sp³-hybridized carbons (Fsp3) is 0.167. The highest BCUT2D eigenvalue weighted by molar-refractivity contribution is 9.10. The normalized spacial score (nSPS) is 10.6. The van der Waals surface area contributed by atoms with Crippen molar-refractivity contribution in [2.75, 3.05) is 5.32 Å². The van der Waals surface area contributed by atoms with Gasteiger partial charge in [-0.05, 0) is 36.8 Å². The number of hydrogen-bond acceptors (Lipinski definition) is 3. The Morgan fingerprint density at radius 1 is 1.08 bits per heavy atom. The summed E-state index contributed by atoms with van der Waals surface area (Å²) in [6.45, 7) is 1.98. The van der Waals surface area contributed by atoms with Gasteiger partial charge in [-0.15, -0.1) is 0 Å². The average molecular weight is 388 g/mol. The van der Waals surface area contributed by atoms with Gasteiger partial charge in [-0.1, -0.05) is 45.8 Å². The summed E-state index contributed by atoms with van der Waals surface area (Å²) in [6.07, 6.45) is 1.73. The molecule has 2 rings (SSSR count). The van der Waals surface area contributed by atoms with Crippen LogP contribution in [0.15, 0.2) is 58.1 Å². The highest BCUT2D eigenvalue weighted by Gasteiger charge is 2.06. The van der Waals surface area contributed by atoms with Gasteiger partial charge in [0.1, 0.15) is 0 Å². The molecule has 24 heavy (non-hydrogen) atoms. The van der Waals surface area contributed by atoms with Crippen LogP contribution in [-0.2, 0) is 9.59 Å². The molecule has 0 heterocycles. The van der Waals surface area contributed by atoms with E-state index in [0.717, 1.165) is 21.3 Å². The Morgan fingerprint density at radius 2 is 1.79 bits per heavy atom. The summed E-state index contributed by atoms with van der Waals surface area (Å²) in [6, 6.07) is 15.0. The number of anilines is 1. The van der Waals surface area contributed by atoms with Crippen LogP contribution in [0, 0.1) is 6.92 Å². The zero-order chi connectivity index (χ0) is 17.4. The molecule has 124 valence electrons. The molecule has 2 N–H and O–H groups in total. The molecule has 0 aliphatic heterocycles. The first-order valence-electron chi connectivity index (χ1n) is 7.47. The molecule has 2 aromatic rings. The van der Waals surface area contributed by atoms with Crippen molar-refractivity contribution in [2.24, 2.45) is 5.10 Å². The zero-order valence-corrected chi connectivity index (χ0v) is 14.8. The van der Waals surface area contributed by atoms with E-state index >= 15 is 0 Å². The molecule has 5 nitrogen and oxygen atoms in total. The summed E-state index contributed by atoms with van der Waals surface area (Å²) in [5.74, 6) is -0.509. The summed E-state index contributed by atoms with van der Waals surface area (Å²) >= 11 is 3.36. The van der Waals surface area contributed by atoms with E-state index in [2.05, 4.69) is 31.8 Å². The van der Waals surface area contributed by atoms with Crippen molar-refractivity contribution < 1.29 is 9.59 Å². The van der Waals surface area contributed by atoms with Crippen molar-refractivity contribution in [3.05, 3.63) is 64.1 Å². The SMILES string of the molecule is Cc1ccc(NC(=O)CCC(=O)NN=Cc2cccc(Br)c2)cc1. The molecular formula is C18H18BrN3O2. The van der Waals surface area contributed by atoms with Gasteiger partial charge in [0.2, 0.25) is 11.8 Å². The number of halogens is 1. The van der Waals surface area contributed by atoms with Crippen LogP contribution >= 0.6 is 15.9 Å². The first-order chi connectivity index (χ1) is 11.5. The predicted molar refractivity (Wildman–Crippen MR) is 98.9 cm³/mol. The Labute approximate surface area is 149 Å². The summed E-state index contributed by atoms with van der Waals surface area (Å²) < 4.78 is 0.936. The standard InChI is InChI=1S/C18H18BrN3O2/c1-13-5-7-16(8-6-13)21-17(23)9-10-18(24)22-20-12-14-3-2-4-15(19)11-14/h2-8,11-12H,9-10H2,1H3,(H,21,23)(H,22,24). The maximum Gasteiger partial charge on any atom is 0.240 e. The Morgan fingerprint density at radius 3 is 2.50 bits per heavy atom. The Kier molecular flexibility index (Phi) is 6.69. The summed E-state index contributed by atoms with van der Waals surface area (Å²) in [5.41, 5.74) is 5.12. The minimum Gasteiger partial charge on any atom is -0.326 e. The maximum atomic E-state index is 11.8. The van der Waals surface area contributed by atoms with E-state index < -0.39 is 0 Å². The molecule has 0 aliphatic carbocycles. The van der Waals surface area contributed by atoms with Gasteiger partial charge in [-0.3, -0.25) is 9.59 Å². The average Bonchev–Trinajstić information content (AvgIpc) is 2.55. The number of hydrogen-bond donors (Lipinski definition) is 2. The lowest BCUT2D eigenvalue weighted by Gasteiger charge is -2.05. The molecule has 0 saturated carbocycles. The number of nitrogens with zero attached hydrogens (tertiary/aromatic N) is 1. The van der Waals surface area contributed by atoms with Crippen molar-refractivity contribution in [1.29, 1.82) is 0 Å². The van der Waals surface area contributed by atoms with Crippen molar-refractivity contribution in [2.45, 2.75) is 19.8 Å². The lowest BCUT2D eigenvalue weighted by Crippen LogP contribution is -2.20. The van der Waals surface area contributed by atoms with Gasteiger partial charge in [-0.2, -0.15) is 5.10 Å². The van der Waals surface area contributed by atoms with Crippen molar-refractivity contribution in [3.63, 3.8) is 0 Å². The first-order valence-corrected chi connectivity index (χ1v) is 8.26. The van der Waals surface area contributed by atoms with Gasteiger partial charge in [0, 0.05) is 23.0 Å². The smallest absolute Gasteiger partial charge is 0.240 e. The van der Waals surface area contributed by atoms with Gasteiger partial charge >= 0.3 is 0 Å². The van der Waals surface area contributed by atoms with E-state index in [-0.39, 0.29) is 24.7 Å². The van der Waals surface area contributed by atoms with Gasteiger partial charge in [0.15, 0.2) is 0 Å². The van der Waals surface area contributed by atoms with Crippen LogP contribution in [0.2, 0.25) is 0 Å². The lowest BCUT2D eigenvalue weighted by molar-refractivity contribution is -0.124. The molecule has 0 aliphatic rings. The topological polar surface area (TPSA) is 70.6 Å². The number of hydrazone groups is 1. The predicted octanol–water partition coefficient (Wildman–Crippen LogP) is 3.63. The molecule has 6 heteroatoms. The number of carbonyl (C=O) groups is 2. The van der Waals surface area contributed by atoms with Crippen molar-refractivity contribution in [3.8, 4) is 0 Å². The van der Waals surface area contributed by atoms with Crippen LogP contribution in [-0.4, -0.2) is 18.0 Å². The largest absolute Gasteiger partial charge is 0.326 e. The summed E-state index contributed by atoms with van der Waals surface area (Å²) in [5, 5.41) is 6.63. The van der Waals surface area contributed by atoms with Crippen molar-refractivity contribution in [1.82, 2.24) is 5.43 Å². The van der Waals surface area contributed by atoms with Crippen molar-refractivity contribution >= 4 is 39.6 Å². The number of nitrogens with one attached hydrogen (secondary N) is 2. The molecule has 0 unspecified atom stereocenters. The summed E-state index contributed by atoms with van der Waals surface area (Å²) in [4.78, 5) is 23.5. The van der Waals surface area contributed by atoms with Crippen LogP contribution in [0.25, 0.3) is 0 Å². The second-order valence-electron chi connectivity index (χ2n) is 5.26. The molecule has 0 bridgehead atoms. The third-order valence-electron chi connectivity index (χ3n) is 3.17. The number of rotatable bonds is 6. The van der Waals surface area contributed by atoms with Gasteiger partial charge in [-0.25, -0.2) is 5.43 Å². The molecule has 0 saturated heterocycles. The number of carbonyl (C=O) groups excluding carboxylic acids is 2. The monoisotopic (exact) mass is 387 g/mol. The Balaban J connectivity index is 1.72. The molecule has 0 fully saturated rings. The number of aryl methyl sites for hydroxylation is 1. The fourth-order valence-electron chi connectivity index (χ4n) is 1.91. The Hall–Kier alpha value is -2.47. The van der Waals surface area contributed by atoms with Crippen LogP contribution < -0.4 is 10.7 Å². The maximum absolute atomic E-state index is 11.8. The molecule has 2 aromatic carbocycles. The molecule has 0 spiro atoms. The molecule has 0 aromatic heterocycles. The molecule has 0 radical (unpaired) electrons. The van der Waals surface area contributed by atoms with E-state index in [1.54, 1.807) is 6.21 Å². The van der Waals surface area contributed by atoms with E-state index in [1.165, 1.54) is 0 Å². The van der Waals surface area contributed by atoms with Crippen LogP contribution in [0.4, 0.5) is 5.69 Å². The van der Waals surface area contributed by atoms with E-state index in [9.17, 15) is 9.59 Å². The molecule has 0 atom stereocenters. The van der Waals surface area contributed by atoms with E-state index in [1.807, 2.05) is 55.5 Å².